The molecule has 0 fully saturated rings. The smallest absolute Gasteiger partial charge is 0.328 e. The third-order valence-corrected chi connectivity index (χ3v) is 2.29. The standard InChI is InChI=1S/C12H16N2O4/c1-4-18-12(17)8(3)14-11(16)9-6-5-7(2)13-10(9)15/h5-6,8H,4H2,1-3H3,(H,13,15)(H,14,16). The Morgan fingerprint density at radius 1 is 1.44 bits per heavy atom. The molecule has 0 saturated carbocycles. The highest BCUT2D eigenvalue weighted by Crippen LogP contribution is 1.96. The molecule has 0 bridgehead atoms. The fourth-order valence-corrected chi connectivity index (χ4v) is 1.35. The molecular formula is C12H16N2O4. The molecule has 1 rings (SSSR count). The summed E-state index contributed by atoms with van der Waals surface area (Å²) in [6, 6.07) is 2.24. The first-order chi connectivity index (χ1) is 8.45. The summed E-state index contributed by atoms with van der Waals surface area (Å²) in [6.45, 7) is 5.13. The molecule has 0 saturated heterocycles. The highest BCUT2D eigenvalue weighted by atomic mass is 16.5. The Morgan fingerprint density at radius 3 is 2.67 bits per heavy atom. The van der Waals surface area contributed by atoms with Crippen molar-refractivity contribution < 1.29 is 14.3 Å². The molecule has 0 aromatic carbocycles. The zero-order chi connectivity index (χ0) is 13.7. The summed E-state index contributed by atoms with van der Waals surface area (Å²) in [7, 11) is 0. The number of ether oxygens (including phenoxy) is 1. The molecule has 6 nitrogen and oxygen atoms in total. The van der Waals surface area contributed by atoms with E-state index in [4.69, 9.17) is 4.74 Å². The van der Waals surface area contributed by atoms with Crippen molar-refractivity contribution in [2.75, 3.05) is 6.61 Å². The summed E-state index contributed by atoms with van der Waals surface area (Å²) >= 11 is 0. The number of hydrogen-bond acceptors (Lipinski definition) is 4. The van der Waals surface area contributed by atoms with E-state index in [1.807, 2.05) is 0 Å². The highest BCUT2D eigenvalue weighted by molar-refractivity contribution is 5.96. The van der Waals surface area contributed by atoms with Gasteiger partial charge in [-0.1, -0.05) is 0 Å². The van der Waals surface area contributed by atoms with Crippen LogP contribution >= 0.6 is 0 Å². The molecule has 1 heterocycles. The Kier molecular flexibility index (Phi) is 4.65. The molecule has 0 aliphatic heterocycles. The van der Waals surface area contributed by atoms with Crippen LogP contribution in [0, 0.1) is 6.92 Å². The maximum Gasteiger partial charge on any atom is 0.328 e. The number of aromatic amines is 1. The summed E-state index contributed by atoms with van der Waals surface area (Å²) in [5, 5.41) is 2.41. The molecular weight excluding hydrogens is 236 g/mol. The van der Waals surface area contributed by atoms with Gasteiger partial charge in [0.15, 0.2) is 0 Å². The van der Waals surface area contributed by atoms with Gasteiger partial charge in [0.05, 0.1) is 6.61 Å². The second kappa shape index (κ2) is 6.00. The molecule has 1 aromatic heterocycles. The fraction of sp³-hybridized carbons (Fsp3) is 0.417. The zero-order valence-corrected chi connectivity index (χ0v) is 10.6. The number of rotatable bonds is 4. The first-order valence-corrected chi connectivity index (χ1v) is 5.63. The van der Waals surface area contributed by atoms with Crippen molar-refractivity contribution in [3.05, 3.63) is 33.7 Å². The highest BCUT2D eigenvalue weighted by Gasteiger charge is 2.19. The molecule has 1 atom stereocenters. The van der Waals surface area contributed by atoms with Crippen LogP contribution in [0.1, 0.15) is 29.9 Å². The third kappa shape index (κ3) is 3.44. The van der Waals surface area contributed by atoms with Gasteiger partial charge in [-0.05, 0) is 32.9 Å². The molecule has 1 aromatic rings. The molecule has 0 aliphatic rings. The SMILES string of the molecule is CCOC(=O)C(C)NC(=O)c1ccc(C)[nH]c1=O. The average molecular weight is 252 g/mol. The molecule has 0 aliphatic carbocycles. The van der Waals surface area contributed by atoms with Crippen LogP contribution in [-0.4, -0.2) is 29.5 Å². The van der Waals surface area contributed by atoms with Gasteiger partial charge in [0.25, 0.3) is 11.5 Å². The van der Waals surface area contributed by atoms with Crippen LogP contribution in [0.2, 0.25) is 0 Å². The number of amides is 1. The van der Waals surface area contributed by atoms with Gasteiger partial charge in [-0.15, -0.1) is 0 Å². The van der Waals surface area contributed by atoms with Gasteiger partial charge in [0.2, 0.25) is 0 Å². The van der Waals surface area contributed by atoms with Gasteiger partial charge >= 0.3 is 5.97 Å². The Morgan fingerprint density at radius 2 is 2.11 bits per heavy atom. The number of aryl methyl sites for hydroxylation is 1. The molecule has 18 heavy (non-hydrogen) atoms. The number of carbonyl (C=O) groups is 2. The number of hydrogen-bond donors (Lipinski definition) is 2. The van der Waals surface area contributed by atoms with Gasteiger partial charge in [-0.2, -0.15) is 0 Å². The van der Waals surface area contributed by atoms with Crippen molar-refractivity contribution in [3.8, 4) is 0 Å². The normalized spacial score (nSPS) is 11.7. The van der Waals surface area contributed by atoms with E-state index in [0.717, 1.165) is 0 Å². The minimum atomic E-state index is -0.793. The lowest BCUT2D eigenvalue weighted by molar-refractivity contribution is -0.144. The lowest BCUT2D eigenvalue weighted by Crippen LogP contribution is -2.41. The van der Waals surface area contributed by atoms with Crippen molar-refractivity contribution >= 4 is 11.9 Å². The van der Waals surface area contributed by atoms with Crippen molar-refractivity contribution in [1.29, 1.82) is 0 Å². The van der Waals surface area contributed by atoms with E-state index in [9.17, 15) is 14.4 Å². The van der Waals surface area contributed by atoms with Gasteiger partial charge < -0.3 is 15.0 Å². The third-order valence-electron chi connectivity index (χ3n) is 2.29. The Labute approximate surface area is 104 Å². The van der Waals surface area contributed by atoms with Crippen LogP contribution in [0.15, 0.2) is 16.9 Å². The van der Waals surface area contributed by atoms with Crippen molar-refractivity contribution in [1.82, 2.24) is 10.3 Å². The monoisotopic (exact) mass is 252 g/mol. The quantitative estimate of drug-likeness (QED) is 0.757. The second-order valence-corrected chi connectivity index (χ2v) is 3.83. The lowest BCUT2D eigenvalue weighted by atomic mass is 10.2. The van der Waals surface area contributed by atoms with Crippen molar-refractivity contribution in [3.63, 3.8) is 0 Å². The van der Waals surface area contributed by atoms with E-state index in [-0.39, 0.29) is 12.2 Å². The first kappa shape index (κ1) is 14.0. The molecule has 2 N–H and O–H groups in total. The predicted molar refractivity (Wildman–Crippen MR) is 65.4 cm³/mol. The number of carbonyl (C=O) groups excluding carboxylic acids is 2. The second-order valence-electron chi connectivity index (χ2n) is 3.83. The van der Waals surface area contributed by atoms with Crippen LogP contribution in [0.5, 0.6) is 0 Å². The summed E-state index contributed by atoms with van der Waals surface area (Å²) in [5.41, 5.74) is 0.148. The summed E-state index contributed by atoms with van der Waals surface area (Å²) in [5.74, 6) is -1.13. The minimum Gasteiger partial charge on any atom is -0.464 e. The molecule has 0 spiro atoms. The molecule has 6 heteroatoms. The van der Waals surface area contributed by atoms with Crippen molar-refractivity contribution in [2.45, 2.75) is 26.8 Å². The van der Waals surface area contributed by atoms with Crippen LogP contribution < -0.4 is 10.9 Å². The van der Waals surface area contributed by atoms with E-state index < -0.39 is 23.5 Å². The summed E-state index contributed by atoms with van der Waals surface area (Å²) in [6.07, 6.45) is 0. The van der Waals surface area contributed by atoms with Crippen LogP contribution in [-0.2, 0) is 9.53 Å². The van der Waals surface area contributed by atoms with Gasteiger partial charge in [-0.3, -0.25) is 9.59 Å². The molecule has 1 unspecified atom stereocenters. The Hall–Kier alpha value is -2.11. The minimum absolute atomic E-state index is 0.0308. The molecule has 0 radical (unpaired) electrons. The number of H-pyrrole nitrogens is 1. The van der Waals surface area contributed by atoms with E-state index in [0.29, 0.717) is 5.69 Å². The van der Waals surface area contributed by atoms with Crippen LogP contribution in [0.25, 0.3) is 0 Å². The lowest BCUT2D eigenvalue weighted by Gasteiger charge is -2.12. The number of pyridine rings is 1. The largest absolute Gasteiger partial charge is 0.464 e. The van der Waals surface area contributed by atoms with Gasteiger partial charge in [0.1, 0.15) is 11.6 Å². The zero-order valence-electron chi connectivity index (χ0n) is 10.6. The van der Waals surface area contributed by atoms with Crippen LogP contribution in [0.4, 0.5) is 0 Å². The Bertz CT molecular complexity index is 507. The van der Waals surface area contributed by atoms with E-state index in [2.05, 4.69) is 10.3 Å². The Balaban J connectivity index is 2.77. The van der Waals surface area contributed by atoms with Gasteiger partial charge in [-0.25, -0.2) is 4.79 Å². The number of nitrogens with one attached hydrogen (secondary N) is 2. The topological polar surface area (TPSA) is 88.3 Å². The van der Waals surface area contributed by atoms with Crippen LogP contribution in [0.3, 0.4) is 0 Å². The van der Waals surface area contributed by atoms with Gasteiger partial charge in [0, 0.05) is 5.69 Å². The number of aromatic nitrogens is 1. The summed E-state index contributed by atoms with van der Waals surface area (Å²) < 4.78 is 4.75. The molecule has 98 valence electrons. The fourth-order valence-electron chi connectivity index (χ4n) is 1.35. The van der Waals surface area contributed by atoms with E-state index in [1.165, 1.54) is 13.0 Å². The number of esters is 1. The van der Waals surface area contributed by atoms with E-state index >= 15 is 0 Å². The van der Waals surface area contributed by atoms with E-state index in [1.54, 1.807) is 19.9 Å². The first-order valence-electron chi connectivity index (χ1n) is 5.63. The predicted octanol–water partition coefficient (Wildman–Crippen LogP) is 0.365. The maximum atomic E-state index is 11.8. The van der Waals surface area contributed by atoms with Crippen molar-refractivity contribution in [2.24, 2.45) is 0 Å². The average Bonchev–Trinajstić information content (AvgIpc) is 2.28. The summed E-state index contributed by atoms with van der Waals surface area (Å²) in [4.78, 5) is 37.1. The maximum absolute atomic E-state index is 11.8. The molecule has 1 amide bonds.